The highest BCUT2D eigenvalue weighted by Gasteiger charge is 2.45. The number of Topliss-reactive ketones (excluding diaryl/α,β-unsaturated/α-hetero) is 1. The topological polar surface area (TPSA) is 70.1 Å². The van der Waals surface area contributed by atoms with Gasteiger partial charge in [-0.25, -0.2) is 0 Å². The van der Waals surface area contributed by atoms with Crippen LogP contribution in [0.3, 0.4) is 0 Å². The summed E-state index contributed by atoms with van der Waals surface area (Å²) in [6.45, 7) is 1.15. The molecule has 0 unspecified atom stereocenters. The maximum Gasteiger partial charge on any atom is 0.295 e. The number of carbonyl (C=O) groups is 2. The first-order valence-electron chi connectivity index (χ1n) is 9.66. The van der Waals surface area contributed by atoms with Gasteiger partial charge in [0.1, 0.15) is 11.5 Å². The molecule has 1 saturated heterocycles. The summed E-state index contributed by atoms with van der Waals surface area (Å²) in [5.74, 6) is -1.01. The van der Waals surface area contributed by atoms with Gasteiger partial charge in [-0.3, -0.25) is 9.59 Å². The number of nitrogens with zero attached hydrogens (tertiary/aromatic N) is 2. The van der Waals surface area contributed by atoms with Crippen molar-refractivity contribution in [2.24, 2.45) is 0 Å². The number of rotatable bonds is 7. The van der Waals surface area contributed by atoms with Gasteiger partial charge in [0.25, 0.3) is 11.7 Å². The quantitative estimate of drug-likeness (QED) is 0.413. The third-order valence-electron chi connectivity index (χ3n) is 5.05. The molecule has 2 aromatic rings. The van der Waals surface area contributed by atoms with Gasteiger partial charge in [0.05, 0.1) is 18.7 Å². The fourth-order valence-corrected chi connectivity index (χ4v) is 3.82. The first-order chi connectivity index (χ1) is 14.3. The van der Waals surface area contributed by atoms with Crippen LogP contribution in [0.5, 0.6) is 5.75 Å². The number of halogens is 1. The van der Waals surface area contributed by atoms with Crippen molar-refractivity contribution in [1.82, 2.24) is 9.80 Å². The molecule has 158 valence electrons. The number of ketones is 1. The van der Waals surface area contributed by atoms with Crippen LogP contribution in [0.2, 0.25) is 5.02 Å². The van der Waals surface area contributed by atoms with Crippen molar-refractivity contribution in [3.05, 3.63) is 70.3 Å². The van der Waals surface area contributed by atoms with Crippen molar-refractivity contribution in [1.29, 1.82) is 0 Å². The van der Waals surface area contributed by atoms with Gasteiger partial charge in [0.15, 0.2) is 0 Å². The number of aliphatic hydroxyl groups excluding tert-OH is 1. The van der Waals surface area contributed by atoms with E-state index < -0.39 is 17.7 Å². The normalized spacial score (nSPS) is 18.3. The van der Waals surface area contributed by atoms with Gasteiger partial charge < -0.3 is 19.6 Å². The lowest BCUT2D eigenvalue weighted by Gasteiger charge is -2.26. The fourth-order valence-electron chi connectivity index (χ4n) is 3.62. The monoisotopic (exact) mass is 428 g/mol. The third kappa shape index (κ3) is 4.50. The Labute approximate surface area is 181 Å². The molecule has 1 heterocycles. The van der Waals surface area contributed by atoms with Crippen LogP contribution < -0.4 is 4.74 Å². The van der Waals surface area contributed by atoms with E-state index in [0.717, 1.165) is 6.54 Å². The smallest absolute Gasteiger partial charge is 0.295 e. The fraction of sp³-hybridized carbons (Fsp3) is 0.304. The predicted molar refractivity (Wildman–Crippen MR) is 117 cm³/mol. The molecule has 0 spiro atoms. The lowest BCUT2D eigenvalue weighted by molar-refractivity contribution is -0.139. The highest BCUT2D eigenvalue weighted by molar-refractivity contribution is 6.46. The molecule has 0 aromatic heterocycles. The summed E-state index contributed by atoms with van der Waals surface area (Å²) in [4.78, 5) is 29.4. The number of hydrogen-bond acceptors (Lipinski definition) is 5. The van der Waals surface area contributed by atoms with Crippen molar-refractivity contribution in [3.63, 3.8) is 0 Å². The Morgan fingerprint density at radius 1 is 1.17 bits per heavy atom. The first kappa shape index (κ1) is 21.9. The largest absolute Gasteiger partial charge is 0.507 e. The van der Waals surface area contributed by atoms with Gasteiger partial charge in [-0.2, -0.15) is 0 Å². The third-order valence-corrected chi connectivity index (χ3v) is 5.29. The predicted octanol–water partition coefficient (Wildman–Crippen LogP) is 3.72. The Hall–Kier alpha value is -2.83. The number of likely N-dealkylation sites (tertiary alicyclic amines) is 1. The van der Waals surface area contributed by atoms with E-state index in [1.165, 1.54) is 12.0 Å². The molecule has 0 radical (unpaired) electrons. The zero-order chi connectivity index (χ0) is 21.8. The van der Waals surface area contributed by atoms with Gasteiger partial charge in [-0.1, -0.05) is 35.9 Å². The SMILES string of the molecule is COc1cccc(/C(O)=C2\C(=O)C(=O)N(CCCN(C)C)[C@H]2c2cccc(Cl)c2)c1. The molecule has 1 aliphatic rings. The second-order valence-electron chi connectivity index (χ2n) is 7.44. The number of carbonyl (C=O) groups excluding carboxylic acids is 2. The molecule has 6 nitrogen and oxygen atoms in total. The van der Waals surface area contributed by atoms with Crippen molar-refractivity contribution in [2.75, 3.05) is 34.3 Å². The van der Waals surface area contributed by atoms with Crippen LogP contribution >= 0.6 is 11.6 Å². The van der Waals surface area contributed by atoms with Crippen molar-refractivity contribution in [3.8, 4) is 5.75 Å². The summed E-state index contributed by atoms with van der Waals surface area (Å²) in [5, 5.41) is 11.5. The Kier molecular flexibility index (Phi) is 6.80. The molecule has 0 saturated carbocycles. The molecule has 1 fully saturated rings. The molecule has 7 heteroatoms. The van der Waals surface area contributed by atoms with Gasteiger partial charge >= 0.3 is 0 Å². The summed E-state index contributed by atoms with van der Waals surface area (Å²) >= 11 is 6.18. The Morgan fingerprint density at radius 2 is 1.90 bits per heavy atom. The number of amides is 1. The summed E-state index contributed by atoms with van der Waals surface area (Å²) in [6.07, 6.45) is 0.691. The minimum Gasteiger partial charge on any atom is -0.507 e. The number of benzene rings is 2. The second-order valence-corrected chi connectivity index (χ2v) is 7.87. The van der Waals surface area contributed by atoms with Gasteiger partial charge in [0.2, 0.25) is 0 Å². The summed E-state index contributed by atoms with van der Waals surface area (Å²) in [6, 6.07) is 13.1. The van der Waals surface area contributed by atoms with Crippen LogP contribution in [0.4, 0.5) is 0 Å². The van der Waals surface area contributed by atoms with E-state index >= 15 is 0 Å². The number of hydrogen-bond donors (Lipinski definition) is 1. The minimum absolute atomic E-state index is 0.0559. The summed E-state index contributed by atoms with van der Waals surface area (Å²) in [7, 11) is 5.42. The molecular weight excluding hydrogens is 404 g/mol. The highest BCUT2D eigenvalue weighted by Crippen LogP contribution is 2.40. The molecular formula is C23H25ClN2O4. The molecule has 0 aliphatic carbocycles. The van der Waals surface area contributed by atoms with Crippen LogP contribution in [0.1, 0.15) is 23.6 Å². The minimum atomic E-state index is -0.711. The second kappa shape index (κ2) is 9.32. The number of aliphatic hydroxyl groups is 1. The van der Waals surface area contributed by atoms with Crippen molar-refractivity contribution >= 4 is 29.1 Å². The zero-order valence-electron chi connectivity index (χ0n) is 17.3. The summed E-state index contributed by atoms with van der Waals surface area (Å²) < 4.78 is 5.22. The molecule has 1 amide bonds. The molecule has 2 aromatic carbocycles. The molecule has 0 bridgehead atoms. The Balaban J connectivity index is 2.11. The zero-order valence-corrected chi connectivity index (χ0v) is 18.0. The molecule has 3 rings (SSSR count). The van der Waals surface area contributed by atoms with E-state index in [9.17, 15) is 14.7 Å². The molecule has 1 aliphatic heterocycles. The standard InChI is InChI=1S/C23H25ClN2O4/c1-25(2)11-6-12-26-20(15-7-4-9-17(24)13-15)19(22(28)23(26)29)21(27)16-8-5-10-18(14-16)30-3/h4-5,7-10,13-14,20,27H,6,11-12H2,1-3H3/b21-19+/t20-/m0/s1. The van der Waals surface area contributed by atoms with Crippen LogP contribution in [-0.2, 0) is 9.59 Å². The van der Waals surface area contributed by atoms with E-state index in [-0.39, 0.29) is 11.3 Å². The van der Waals surface area contributed by atoms with E-state index in [0.29, 0.717) is 34.9 Å². The maximum absolute atomic E-state index is 13.0. The first-order valence-corrected chi connectivity index (χ1v) is 10.0. The van der Waals surface area contributed by atoms with Crippen LogP contribution in [0.25, 0.3) is 5.76 Å². The van der Waals surface area contributed by atoms with Crippen LogP contribution in [0, 0.1) is 0 Å². The van der Waals surface area contributed by atoms with E-state index in [1.807, 2.05) is 19.0 Å². The van der Waals surface area contributed by atoms with E-state index in [2.05, 4.69) is 0 Å². The molecule has 1 atom stereocenters. The average molecular weight is 429 g/mol. The van der Waals surface area contributed by atoms with Crippen LogP contribution in [0.15, 0.2) is 54.1 Å². The maximum atomic E-state index is 13.0. The van der Waals surface area contributed by atoms with Gasteiger partial charge in [0, 0.05) is 17.1 Å². The summed E-state index contributed by atoms with van der Waals surface area (Å²) in [5.41, 5.74) is 1.14. The van der Waals surface area contributed by atoms with Gasteiger partial charge in [-0.15, -0.1) is 0 Å². The Morgan fingerprint density at radius 3 is 2.57 bits per heavy atom. The van der Waals surface area contributed by atoms with E-state index in [1.54, 1.807) is 48.5 Å². The van der Waals surface area contributed by atoms with Crippen LogP contribution in [-0.4, -0.2) is 60.9 Å². The lowest BCUT2D eigenvalue weighted by atomic mass is 9.95. The molecule has 1 N–H and O–H groups in total. The number of methoxy groups -OCH3 is 1. The van der Waals surface area contributed by atoms with Gasteiger partial charge in [-0.05, 0) is 56.9 Å². The Bertz CT molecular complexity index is 987. The lowest BCUT2D eigenvalue weighted by Crippen LogP contribution is -2.32. The average Bonchev–Trinajstić information content (AvgIpc) is 2.98. The highest BCUT2D eigenvalue weighted by atomic mass is 35.5. The number of ether oxygens (including phenoxy) is 1. The van der Waals surface area contributed by atoms with Crippen molar-refractivity contribution in [2.45, 2.75) is 12.5 Å². The van der Waals surface area contributed by atoms with E-state index in [4.69, 9.17) is 16.3 Å². The van der Waals surface area contributed by atoms with Crippen molar-refractivity contribution < 1.29 is 19.4 Å². The molecule has 30 heavy (non-hydrogen) atoms.